The minimum Gasteiger partial charge on any atom is -0.304 e. The van der Waals surface area contributed by atoms with Gasteiger partial charge in [-0.1, -0.05) is 17.7 Å². The Morgan fingerprint density at radius 3 is 2.50 bits per heavy atom. The molecule has 0 saturated heterocycles. The summed E-state index contributed by atoms with van der Waals surface area (Å²) in [5, 5.41) is 0. The number of hydrogen-bond donors (Lipinski definition) is 1. The van der Waals surface area contributed by atoms with E-state index in [1.54, 1.807) is 12.1 Å². The maximum Gasteiger partial charge on any atom is 0.449 e. The van der Waals surface area contributed by atoms with E-state index in [1.807, 2.05) is 6.92 Å². The summed E-state index contributed by atoms with van der Waals surface area (Å²) in [5.41, 5.74) is 1.05. The van der Waals surface area contributed by atoms with Crippen molar-refractivity contribution in [3.05, 3.63) is 54.0 Å². The molecule has 0 bridgehead atoms. The van der Waals surface area contributed by atoms with Crippen molar-refractivity contribution in [2.45, 2.75) is 24.5 Å². The molecule has 10 heteroatoms. The van der Waals surface area contributed by atoms with Gasteiger partial charge < -0.3 is 4.57 Å². The highest BCUT2D eigenvalue weighted by Crippen LogP contribution is 2.30. The molecular formula is C16H15F3N4O2S. The third kappa shape index (κ3) is 3.70. The highest BCUT2D eigenvalue weighted by molar-refractivity contribution is 7.89. The summed E-state index contributed by atoms with van der Waals surface area (Å²) in [6.07, 6.45) is -3.31. The first-order valence-electron chi connectivity index (χ1n) is 7.63. The van der Waals surface area contributed by atoms with E-state index < -0.39 is 22.0 Å². The molecule has 3 aromatic rings. The fourth-order valence-corrected chi connectivity index (χ4v) is 3.50. The Bertz CT molecular complexity index is 1030. The molecule has 0 aliphatic rings. The Morgan fingerprint density at radius 2 is 1.85 bits per heavy atom. The van der Waals surface area contributed by atoms with E-state index in [0.717, 1.165) is 10.1 Å². The van der Waals surface area contributed by atoms with Crippen LogP contribution in [0.5, 0.6) is 0 Å². The molecule has 26 heavy (non-hydrogen) atoms. The maximum absolute atomic E-state index is 13.2. The summed E-state index contributed by atoms with van der Waals surface area (Å²) >= 11 is 0. The molecule has 0 unspecified atom stereocenters. The number of sulfonamides is 1. The minimum atomic E-state index is -4.67. The van der Waals surface area contributed by atoms with Crippen molar-refractivity contribution in [3.8, 4) is 0 Å². The summed E-state index contributed by atoms with van der Waals surface area (Å²) in [6.45, 7) is 1.33. The third-order valence-electron chi connectivity index (χ3n) is 3.72. The Morgan fingerprint density at radius 1 is 1.15 bits per heavy atom. The predicted octanol–water partition coefficient (Wildman–Crippen LogP) is 2.74. The topological polar surface area (TPSA) is 76.9 Å². The van der Waals surface area contributed by atoms with E-state index in [2.05, 4.69) is 14.7 Å². The molecule has 0 atom stereocenters. The first-order chi connectivity index (χ1) is 12.2. The van der Waals surface area contributed by atoms with Crippen molar-refractivity contribution in [3.63, 3.8) is 0 Å². The van der Waals surface area contributed by atoms with Crippen LogP contribution in [-0.4, -0.2) is 29.5 Å². The van der Waals surface area contributed by atoms with Crippen molar-refractivity contribution in [1.82, 2.24) is 19.3 Å². The van der Waals surface area contributed by atoms with Crippen LogP contribution in [0.2, 0.25) is 0 Å². The molecule has 0 amide bonds. The highest BCUT2D eigenvalue weighted by atomic mass is 32.2. The summed E-state index contributed by atoms with van der Waals surface area (Å²) < 4.78 is 67.3. The number of aromatic nitrogens is 3. The SMILES string of the molecule is Cc1ccc(S(=O)(=O)NCCn2c(C(F)(F)F)nc3cccnc32)cc1. The van der Waals surface area contributed by atoms with Gasteiger partial charge in [0.15, 0.2) is 5.65 Å². The Hall–Kier alpha value is -2.46. The molecule has 3 rings (SSSR count). The van der Waals surface area contributed by atoms with Crippen LogP contribution < -0.4 is 4.72 Å². The lowest BCUT2D eigenvalue weighted by molar-refractivity contribution is -0.146. The first-order valence-corrected chi connectivity index (χ1v) is 9.11. The van der Waals surface area contributed by atoms with Crippen molar-refractivity contribution < 1.29 is 21.6 Å². The summed E-state index contributed by atoms with van der Waals surface area (Å²) in [6, 6.07) is 9.07. The zero-order chi connectivity index (χ0) is 18.9. The number of imidazole rings is 1. The van der Waals surface area contributed by atoms with E-state index >= 15 is 0 Å². The van der Waals surface area contributed by atoms with Gasteiger partial charge in [0.05, 0.1) is 4.90 Å². The summed E-state index contributed by atoms with van der Waals surface area (Å²) in [4.78, 5) is 7.54. The number of nitrogens with one attached hydrogen (secondary N) is 1. The fraction of sp³-hybridized carbons (Fsp3) is 0.250. The van der Waals surface area contributed by atoms with E-state index in [1.165, 1.54) is 30.5 Å². The summed E-state index contributed by atoms with van der Waals surface area (Å²) in [7, 11) is -3.82. The van der Waals surface area contributed by atoms with Crippen molar-refractivity contribution >= 4 is 21.2 Å². The average Bonchev–Trinajstić information content (AvgIpc) is 2.94. The van der Waals surface area contributed by atoms with Gasteiger partial charge >= 0.3 is 6.18 Å². The third-order valence-corrected chi connectivity index (χ3v) is 5.19. The van der Waals surface area contributed by atoms with Gasteiger partial charge in [0.2, 0.25) is 15.8 Å². The second-order valence-corrected chi connectivity index (χ2v) is 7.41. The lowest BCUT2D eigenvalue weighted by Gasteiger charge is -2.12. The maximum atomic E-state index is 13.2. The lowest BCUT2D eigenvalue weighted by Crippen LogP contribution is -2.28. The van der Waals surface area contributed by atoms with Gasteiger partial charge in [0, 0.05) is 19.3 Å². The molecule has 0 radical (unpaired) electrons. The van der Waals surface area contributed by atoms with Gasteiger partial charge in [0.25, 0.3) is 0 Å². The Labute approximate surface area is 147 Å². The zero-order valence-electron chi connectivity index (χ0n) is 13.7. The van der Waals surface area contributed by atoms with E-state index in [0.29, 0.717) is 0 Å². The van der Waals surface area contributed by atoms with Gasteiger partial charge in [-0.05, 0) is 31.2 Å². The van der Waals surface area contributed by atoms with Crippen LogP contribution in [0.1, 0.15) is 11.4 Å². The second kappa shape index (κ2) is 6.69. The molecule has 0 saturated carbocycles. The number of aryl methyl sites for hydroxylation is 1. The number of halogens is 3. The van der Waals surface area contributed by atoms with Gasteiger partial charge in [-0.2, -0.15) is 13.2 Å². The van der Waals surface area contributed by atoms with Crippen LogP contribution in [0.3, 0.4) is 0 Å². The van der Waals surface area contributed by atoms with Gasteiger partial charge in [-0.15, -0.1) is 0 Å². The number of fused-ring (bicyclic) bond motifs is 1. The number of nitrogens with zero attached hydrogens (tertiary/aromatic N) is 3. The van der Waals surface area contributed by atoms with Crippen molar-refractivity contribution in [2.75, 3.05) is 6.54 Å². The van der Waals surface area contributed by atoms with Crippen molar-refractivity contribution in [1.29, 1.82) is 0 Å². The number of hydrogen-bond acceptors (Lipinski definition) is 4. The molecule has 138 valence electrons. The van der Waals surface area contributed by atoms with Crippen LogP contribution in [0, 0.1) is 6.92 Å². The standard InChI is InChI=1S/C16H15F3N4O2S/c1-11-4-6-12(7-5-11)26(24,25)21-9-10-23-14-13(3-2-8-20-14)22-15(23)16(17,18)19/h2-8,21H,9-10H2,1H3. The smallest absolute Gasteiger partial charge is 0.304 e. The normalized spacial score (nSPS) is 12.6. The Balaban J connectivity index is 1.83. The van der Waals surface area contributed by atoms with Crippen molar-refractivity contribution in [2.24, 2.45) is 0 Å². The number of benzene rings is 1. The number of alkyl halides is 3. The van der Waals surface area contributed by atoms with Gasteiger partial charge in [-0.3, -0.25) is 0 Å². The average molecular weight is 384 g/mol. The molecule has 2 aromatic heterocycles. The molecule has 0 aliphatic carbocycles. The molecule has 0 spiro atoms. The zero-order valence-corrected chi connectivity index (χ0v) is 14.5. The predicted molar refractivity (Wildman–Crippen MR) is 88.9 cm³/mol. The first kappa shape index (κ1) is 18.3. The molecule has 6 nitrogen and oxygen atoms in total. The monoisotopic (exact) mass is 384 g/mol. The molecule has 0 fully saturated rings. The van der Waals surface area contributed by atoms with Crippen LogP contribution >= 0.6 is 0 Å². The minimum absolute atomic E-state index is 0.0489. The molecule has 1 N–H and O–H groups in total. The lowest BCUT2D eigenvalue weighted by atomic mass is 10.2. The molecule has 1 aromatic carbocycles. The van der Waals surface area contributed by atoms with Crippen LogP contribution in [-0.2, 0) is 22.7 Å². The second-order valence-electron chi connectivity index (χ2n) is 5.64. The van der Waals surface area contributed by atoms with Crippen LogP contribution in [0.25, 0.3) is 11.2 Å². The van der Waals surface area contributed by atoms with Gasteiger partial charge in [0.1, 0.15) is 5.52 Å². The summed E-state index contributed by atoms with van der Waals surface area (Å²) in [5.74, 6) is -1.11. The van der Waals surface area contributed by atoms with E-state index in [-0.39, 0.29) is 29.1 Å². The van der Waals surface area contributed by atoms with Gasteiger partial charge in [-0.25, -0.2) is 23.1 Å². The highest BCUT2D eigenvalue weighted by Gasteiger charge is 2.37. The Kier molecular flexibility index (Phi) is 4.72. The molecule has 2 heterocycles. The van der Waals surface area contributed by atoms with E-state index in [9.17, 15) is 21.6 Å². The number of rotatable bonds is 5. The van der Waals surface area contributed by atoms with E-state index in [4.69, 9.17) is 0 Å². The largest absolute Gasteiger partial charge is 0.449 e. The van der Waals surface area contributed by atoms with Crippen LogP contribution in [0.15, 0.2) is 47.5 Å². The van der Waals surface area contributed by atoms with Crippen LogP contribution in [0.4, 0.5) is 13.2 Å². The molecular weight excluding hydrogens is 369 g/mol. The quantitative estimate of drug-likeness (QED) is 0.734. The fourth-order valence-electron chi connectivity index (χ4n) is 2.48. The molecule has 0 aliphatic heterocycles. The number of pyridine rings is 1.